The molecule has 2 aromatic rings. The van der Waals surface area contributed by atoms with Gasteiger partial charge < -0.3 is 15.5 Å². The van der Waals surface area contributed by atoms with Gasteiger partial charge in [-0.1, -0.05) is 36.4 Å². The van der Waals surface area contributed by atoms with Crippen LogP contribution in [0.4, 0.5) is 10.1 Å². The number of halogens is 2. The molecule has 2 unspecified atom stereocenters. The lowest BCUT2D eigenvalue weighted by molar-refractivity contribution is 0.470. The summed E-state index contributed by atoms with van der Waals surface area (Å²) < 4.78 is 14.2. The number of benzene rings is 1. The van der Waals surface area contributed by atoms with Crippen molar-refractivity contribution in [2.24, 2.45) is 0 Å². The molecule has 2 N–H and O–H groups in total. The van der Waals surface area contributed by atoms with Crippen LogP contribution in [0.5, 0.6) is 0 Å². The Balaban J connectivity index is 2.05. The molecule has 0 aliphatic carbocycles. The van der Waals surface area contributed by atoms with Gasteiger partial charge in [-0.15, -0.1) is 0 Å². The van der Waals surface area contributed by atoms with E-state index in [0.717, 1.165) is 10.6 Å². The Morgan fingerprint density at radius 3 is 2.77 bits per heavy atom. The molecule has 2 rings (SSSR count). The van der Waals surface area contributed by atoms with E-state index in [1.165, 1.54) is 6.20 Å². The molecule has 4 nitrogen and oxygen atoms in total. The summed E-state index contributed by atoms with van der Waals surface area (Å²) in [6, 6.07) is 9.71. The average molecular weight is 377 g/mol. The molecule has 2 atom stereocenters. The highest BCUT2D eigenvalue weighted by Crippen LogP contribution is 2.23. The molecule has 0 aliphatic heterocycles. The summed E-state index contributed by atoms with van der Waals surface area (Å²) in [5, 5.41) is 7.35. The Kier molecular flexibility index (Phi) is 7.88. The second-order valence-electron chi connectivity index (χ2n) is 6.24. The molecule has 0 bridgehead atoms. The monoisotopic (exact) mass is 376 g/mol. The zero-order valence-corrected chi connectivity index (χ0v) is 16.0. The Hall–Kier alpha value is -2.11. The quantitative estimate of drug-likeness (QED) is 0.611. The van der Waals surface area contributed by atoms with Crippen molar-refractivity contribution in [3.63, 3.8) is 0 Å². The number of rotatable bonds is 10. The van der Waals surface area contributed by atoms with Crippen LogP contribution >= 0.6 is 11.6 Å². The lowest BCUT2D eigenvalue weighted by Gasteiger charge is -2.30. The molecule has 0 saturated heterocycles. The highest BCUT2D eigenvalue weighted by atomic mass is 35.5. The van der Waals surface area contributed by atoms with Crippen molar-refractivity contribution in [3.05, 3.63) is 71.9 Å². The Morgan fingerprint density at radius 2 is 2.08 bits per heavy atom. The molecule has 1 aromatic carbocycles. The molecule has 0 radical (unpaired) electrons. The number of aromatic nitrogens is 1. The van der Waals surface area contributed by atoms with Gasteiger partial charge in [0.05, 0.1) is 11.9 Å². The van der Waals surface area contributed by atoms with Crippen LogP contribution in [0.3, 0.4) is 0 Å². The van der Waals surface area contributed by atoms with Crippen LogP contribution in [-0.2, 0) is 0 Å². The second kappa shape index (κ2) is 10.1. The highest BCUT2D eigenvalue weighted by molar-refractivity contribution is 6.31. The number of hydrogen-bond acceptors (Lipinski definition) is 4. The molecule has 26 heavy (non-hydrogen) atoms. The van der Waals surface area contributed by atoms with Gasteiger partial charge in [-0.25, -0.2) is 4.39 Å². The van der Waals surface area contributed by atoms with Crippen molar-refractivity contribution < 1.29 is 4.39 Å². The predicted molar refractivity (Wildman–Crippen MR) is 107 cm³/mol. The Labute approximate surface area is 160 Å². The SMILES string of the molecule is C=CNCCN(CC(C)NC(C)c1ccccc1Cl)c1ccncc1F. The zero-order valence-electron chi connectivity index (χ0n) is 15.3. The van der Waals surface area contributed by atoms with E-state index in [0.29, 0.717) is 25.3 Å². The van der Waals surface area contributed by atoms with Crippen LogP contribution in [0.1, 0.15) is 25.5 Å². The van der Waals surface area contributed by atoms with Crippen LogP contribution < -0.4 is 15.5 Å². The maximum absolute atomic E-state index is 14.2. The molecule has 0 fully saturated rings. The molecule has 0 spiro atoms. The van der Waals surface area contributed by atoms with Crippen molar-refractivity contribution in [2.45, 2.75) is 25.9 Å². The van der Waals surface area contributed by atoms with Crippen molar-refractivity contribution in [1.82, 2.24) is 15.6 Å². The fourth-order valence-electron chi connectivity index (χ4n) is 2.96. The highest BCUT2D eigenvalue weighted by Gasteiger charge is 2.17. The third kappa shape index (κ3) is 5.71. The number of hydrogen-bond donors (Lipinski definition) is 2. The van der Waals surface area contributed by atoms with E-state index in [2.05, 4.69) is 36.0 Å². The fourth-order valence-corrected chi connectivity index (χ4v) is 3.26. The first kappa shape index (κ1) is 20.2. The third-order valence-corrected chi connectivity index (χ3v) is 4.51. The molecule has 1 heterocycles. The third-order valence-electron chi connectivity index (χ3n) is 4.16. The largest absolute Gasteiger partial charge is 0.390 e. The van der Waals surface area contributed by atoms with Crippen LogP contribution in [0.25, 0.3) is 0 Å². The summed E-state index contributed by atoms with van der Waals surface area (Å²) in [4.78, 5) is 5.84. The Morgan fingerprint density at radius 1 is 1.31 bits per heavy atom. The molecule has 0 amide bonds. The van der Waals surface area contributed by atoms with Crippen LogP contribution in [-0.4, -0.2) is 30.7 Å². The standard InChI is InChI=1S/C20H26ClFN4/c1-4-23-11-12-26(20-9-10-24-13-19(20)22)14-15(2)25-16(3)17-7-5-6-8-18(17)21/h4-10,13,15-16,23,25H,1,11-12,14H2,2-3H3. The van der Waals surface area contributed by atoms with E-state index in [1.54, 1.807) is 18.5 Å². The smallest absolute Gasteiger partial charge is 0.164 e. The summed E-state index contributed by atoms with van der Waals surface area (Å²) in [7, 11) is 0. The lowest BCUT2D eigenvalue weighted by Crippen LogP contribution is -2.42. The maximum atomic E-state index is 14.2. The van der Waals surface area contributed by atoms with E-state index in [-0.39, 0.29) is 17.9 Å². The summed E-state index contributed by atoms with van der Waals surface area (Å²) in [5.41, 5.74) is 1.60. The van der Waals surface area contributed by atoms with Gasteiger partial charge in [0.1, 0.15) is 0 Å². The number of nitrogens with one attached hydrogen (secondary N) is 2. The Bertz CT molecular complexity index is 710. The summed E-state index contributed by atoms with van der Waals surface area (Å²) in [5.74, 6) is -0.322. The minimum absolute atomic E-state index is 0.0918. The molecular weight excluding hydrogens is 351 g/mol. The van der Waals surface area contributed by atoms with Crippen LogP contribution in [0.15, 0.2) is 55.5 Å². The minimum atomic E-state index is -0.322. The van der Waals surface area contributed by atoms with Crippen LogP contribution in [0, 0.1) is 5.82 Å². The van der Waals surface area contributed by atoms with Crippen molar-refractivity contribution in [1.29, 1.82) is 0 Å². The first-order chi connectivity index (χ1) is 12.5. The van der Waals surface area contributed by atoms with E-state index in [1.807, 2.05) is 29.2 Å². The van der Waals surface area contributed by atoms with Gasteiger partial charge in [0.2, 0.25) is 0 Å². The van der Waals surface area contributed by atoms with E-state index in [9.17, 15) is 4.39 Å². The summed E-state index contributed by atoms with van der Waals surface area (Å²) in [6.07, 6.45) is 4.49. The van der Waals surface area contributed by atoms with Gasteiger partial charge >= 0.3 is 0 Å². The fraction of sp³-hybridized carbons (Fsp3) is 0.350. The lowest BCUT2D eigenvalue weighted by atomic mass is 10.1. The number of anilines is 1. The van der Waals surface area contributed by atoms with Crippen molar-refractivity contribution >= 4 is 17.3 Å². The first-order valence-electron chi connectivity index (χ1n) is 8.72. The number of pyridine rings is 1. The van der Waals surface area contributed by atoms with Crippen LogP contribution in [0.2, 0.25) is 5.02 Å². The molecule has 0 saturated carbocycles. The van der Waals surface area contributed by atoms with Gasteiger partial charge in [-0.2, -0.15) is 0 Å². The van der Waals surface area contributed by atoms with Gasteiger partial charge in [-0.3, -0.25) is 4.98 Å². The summed E-state index contributed by atoms with van der Waals surface area (Å²) >= 11 is 6.28. The molecule has 1 aromatic heterocycles. The molecular formula is C20H26ClFN4. The van der Waals surface area contributed by atoms with Gasteiger partial charge in [0.15, 0.2) is 5.82 Å². The van der Waals surface area contributed by atoms with Gasteiger partial charge in [0, 0.05) is 42.9 Å². The van der Waals surface area contributed by atoms with Gasteiger partial charge in [0.25, 0.3) is 0 Å². The van der Waals surface area contributed by atoms with Crippen molar-refractivity contribution in [3.8, 4) is 0 Å². The topological polar surface area (TPSA) is 40.2 Å². The average Bonchev–Trinajstić information content (AvgIpc) is 2.62. The minimum Gasteiger partial charge on any atom is -0.390 e. The predicted octanol–water partition coefficient (Wildman–Crippen LogP) is 4.15. The maximum Gasteiger partial charge on any atom is 0.164 e. The molecule has 6 heteroatoms. The number of nitrogens with zero attached hydrogens (tertiary/aromatic N) is 2. The normalized spacial score (nSPS) is 13.1. The van der Waals surface area contributed by atoms with Crippen molar-refractivity contribution in [2.75, 3.05) is 24.5 Å². The van der Waals surface area contributed by atoms with E-state index in [4.69, 9.17) is 11.6 Å². The first-order valence-corrected chi connectivity index (χ1v) is 9.10. The van der Waals surface area contributed by atoms with E-state index >= 15 is 0 Å². The van der Waals surface area contributed by atoms with E-state index < -0.39 is 0 Å². The molecule has 140 valence electrons. The summed E-state index contributed by atoms with van der Waals surface area (Å²) in [6.45, 7) is 9.79. The zero-order chi connectivity index (χ0) is 18.9. The second-order valence-corrected chi connectivity index (χ2v) is 6.65. The molecule has 0 aliphatic rings. The van der Waals surface area contributed by atoms with Gasteiger partial charge in [-0.05, 0) is 37.7 Å².